The van der Waals surface area contributed by atoms with Crippen LogP contribution in [0, 0.1) is 6.92 Å². The molecule has 0 amide bonds. The van der Waals surface area contributed by atoms with Gasteiger partial charge in [-0.2, -0.15) is 0 Å². The van der Waals surface area contributed by atoms with Crippen molar-refractivity contribution in [2.75, 3.05) is 39.3 Å². The summed E-state index contributed by atoms with van der Waals surface area (Å²) in [4.78, 5) is 4.93. The van der Waals surface area contributed by atoms with Gasteiger partial charge in [-0.3, -0.25) is 9.80 Å². The number of ether oxygens (including phenoxy) is 1. The summed E-state index contributed by atoms with van der Waals surface area (Å²) in [5, 5.41) is 8.05. The minimum Gasteiger partial charge on any atom is -0.424 e. The van der Waals surface area contributed by atoms with Gasteiger partial charge in [0.1, 0.15) is 0 Å². The Hall–Kier alpha value is -0.980. The topological polar surface area (TPSA) is 54.6 Å². The molecular formula is C14H24N4O2. The Balaban J connectivity index is 1.48. The van der Waals surface area contributed by atoms with Crippen molar-refractivity contribution in [2.24, 2.45) is 0 Å². The van der Waals surface area contributed by atoms with E-state index >= 15 is 0 Å². The summed E-state index contributed by atoms with van der Waals surface area (Å²) in [6, 6.07) is 0.209. The first-order valence-electron chi connectivity index (χ1n) is 7.60. The number of nitrogens with zero attached hydrogens (tertiary/aromatic N) is 4. The fourth-order valence-electron chi connectivity index (χ4n) is 3.05. The fraction of sp³-hybridized carbons (Fsp3) is 0.857. The minimum absolute atomic E-state index is 0.209. The maximum atomic E-state index is 5.71. The van der Waals surface area contributed by atoms with Crippen LogP contribution in [0.4, 0.5) is 0 Å². The third-order valence-corrected chi connectivity index (χ3v) is 4.34. The summed E-state index contributed by atoms with van der Waals surface area (Å²) in [7, 11) is 0. The molecule has 112 valence electrons. The molecule has 0 unspecified atom stereocenters. The molecule has 3 rings (SSSR count). The largest absolute Gasteiger partial charge is 0.424 e. The van der Waals surface area contributed by atoms with Crippen molar-refractivity contribution >= 4 is 0 Å². The molecule has 0 saturated carbocycles. The zero-order chi connectivity index (χ0) is 13.9. The third kappa shape index (κ3) is 3.19. The third-order valence-electron chi connectivity index (χ3n) is 4.34. The number of hydrogen-bond donors (Lipinski definition) is 0. The molecule has 2 aliphatic heterocycles. The van der Waals surface area contributed by atoms with Crippen LogP contribution in [-0.4, -0.2) is 65.4 Å². The lowest BCUT2D eigenvalue weighted by molar-refractivity contribution is 0.0386. The molecule has 6 nitrogen and oxygen atoms in total. The normalized spacial score (nSPS) is 27.0. The summed E-state index contributed by atoms with van der Waals surface area (Å²) in [6.07, 6.45) is 2.90. The van der Waals surface area contributed by atoms with Crippen LogP contribution in [0.5, 0.6) is 0 Å². The highest BCUT2D eigenvalue weighted by atomic mass is 16.5. The van der Waals surface area contributed by atoms with Crippen LogP contribution in [0.2, 0.25) is 0 Å². The Morgan fingerprint density at radius 2 is 2.05 bits per heavy atom. The molecule has 2 aliphatic rings. The van der Waals surface area contributed by atoms with E-state index in [9.17, 15) is 0 Å². The van der Waals surface area contributed by atoms with Gasteiger partial charge in [0.2, 0.25) is 11.8 Å². The van der Waals surface area contributed by atoms with Gasteiger partial charge in [-0.15, -0.1) is 10.2 Å². The predicted molar refractivity (Wildman–Crippen MR) is 74.4 cm³/mol. The zero-order valence-corrected chi connectivity index (χ0v) is 12.4. The second-order valence-electron chi connectivity index (χ2n) is 5.81. The van der Waals surface area contributed by atoms with E-state index in [0.29, 0.717) is 12.0 Å². The van der Waals surface area contributed by atoms with Gasteiger partial charge in [0.25, 0.3) is 0 Å². The molecule has 0 radical (unpaired) electrons. The molecule has 2 saturated heterocycles. The van der Waals surface area contributed by atoms with Crippen molar-refractivity contribution in [3.8, 4) is 0 Å². The summed E-state index contributed by atoms with van der Waals surface area (Å²) < 4.78 is 11.2. The first-order chi connectivity index (χ1) is 9.72. The van der Waals surface area contributed by atoms with E-state index < -0.39 is 0 Å². The van der Waals surface area contributed by atoms with E-state index in [1.807, 2.05) is 6.92 Å². The SMILES string of the molecule is Cc1nnc([C@@H](C)N2CCN(C[C@@H]3CCCO3)CC2)o1. The molecular weight excluding hydrogens is 256 g/mol. The number of aryl methyl sites for hydroxylation is 1. The second-order valence-corrected chi connectivity index (χ2v) is 5.81. The molecule has 0 N–H and O–H groups in total. The lowest BCUT2D eigenvalue weighted by atomic mass is 10.2. The molecule has 1 aromatic rings. The molecule has 0 bridgehead atoms. The van der Waals surface area contributed by atoms with Crippen molar-refractivity contribution in [1.29, 1.82) is 0 Å². The van der Waals surface area contributed by atoms with Gasteiger partial charge in [0.15, 0.2) is 0 Å². The Morgan fingerprint density at radius 1 is 1.25 bits per heavy atom. The molecule has 3 heterocycles. The molecule has 20 heavy (non-hydrogen) atoms. The van der Waals surface area contributed by atoms with Crippen LogP contribution < -0.4 is 0 Å². The maximum absolute atomic E-state index is 5.71. The standard InChI is InChI=1S/C14H24N4O2/c1-11(14-16-15-12(2)20-14)18-7-5-17(6-8-18)10-13-4-3-9-19-13/h11,13H,3-10H2,1-2H3/t11-,13+/m1/s1. The Bertz CT molecular complexity index is 423. The van der Waals surface area contributed by atoms with E-state index in [1.165, 1.54) is 12.8 Å². The van der Waals surface area contributed by atoms with Gasteiger partial charge < -0.3 is 9.15 Å². The van der Waals surface area contributed by atoms with Gasteiger partial charge >= 0.3 is 0 Å². The number of hydrogen-bond acceptors (Lipinski definition) is 6. The van der Waals surface area contributed by atoms with Crippen LogP contribution in [0.15, 0.2) is 4.42 Å². The van der Waals surface area contributed by atoms with E-state index in [2.05, 4.69) is 26.9 Å². The second kappa shape index (κ2) is 6.20. The molecule has 0 spiro atoms. The summed E-state index contributed by atoms with van der Waals surface area (Å²) in [5.41, 5.74) is 0. The van der Waals surface area contributed by atoms with E-state index in [0.717, 1.165) is 45.2 Å². The van der Waals surface area contributed by atoms with Crippen molar-refractivity contribution in [1.82, 2.24) is 20.0 Å². The maximum Gasteiger partial charge on any atom is 0.233 e. The van der Waals surface area contributed by atoms with E-state index in [-0.39, 0.29) is 6.04 Å². The Morgan fingerprint density at radius 3 is 2.65 bits per heavy atom. The van der Waals surface area contributed by atoms with Crippen molar-refractivity contribution in [3.05, 3.63) is 11.8 Å². The quantitative estimate of drug-likeness (QED) is 0.827. The zero-order valence-electron chi connectivity index (χ0n) is 12.4. The average Bonchev–Trinajstić information content (AvgIpc) is 3.10. The molecule has 2 fully saturated rings. The number of rotatable bonds is 4. The lowest BCUT2D eigenvalue weighted by Gasteiger charge is -2.37. The van der Waals surface area contributed by atoms with Gasteiger partial charge in [0, 0.05) is 46.3 Å². The minimum atomic E-state index is 0.209. The van der Waals surface area contributed by atoms with Crippen LogP contribution in [0.3, 0.4) is 0 Å². The van der Waals surface area contributed by atoms with Crippen molar-refractivity contribution < 1.29 is 9.15 Å². The number of aromatic nitrogens is 2. The van der Waals surface area contributed by atoms with E-state index in [4.69, 9.17) is 9.15 Å². The Labute approximate surface area is 120 Å². The van der Waals surface area contributed by atoms with Crippen LogP contribution in [-0.2, 0) is 4.74 Å². The number of piperazine rings is 1. The monoisotopic (exact) mass is 280 g/mol. The van der Waals surface area contributed by atoms with Crippen LogP contribution in [0.1, 0.15) is 37.6 Å². The van der Waals surface area contributed by atoms with Gasteiger partial charge in [-0.25, -0.2) is 0 Å². The van der Waals surface area contributed by atoms with Crippen molar-refractivity contribution in [3.63, 3.8) is 0 Å². The first kappa shape index (κ1) is 14.0. The van der Waals surface area contributed by atoms with Crippen LogP contribution >= 0.6 is 0 Å². The van der Waals surface area contributed by atoms with Crippen LogP contribution in [0.25, 0.3) is 0 Å². The average molecular weight is 280 g/mol. The highest BCUT2D eigenvalue weighted by Gasteiger charge is 2.27. The molecule has 0 aromatic carbocycles. The summed E-state index contributed by atoms with van der Waals surface area (Å²) in [6.45, 7) is 10.3. The summed E-state index contributed by atoms with van der Waals surface area (Å²) in [5.74, 6) is 1.37. The highest BCUT2D eigenvalue weighted by Crippen LogP contribution is 2.21. The van der Waals surface area contributed by atoms with Crippen molar-refractivity contribution in [2.45, 2.75) is 38.8 Å². The van der Waals surface area contributed by atoms with E-state index in [1.54, 1.807) is 0 Å². The van der Waals surface area contributed by atoms with Gasteiger partial charge in [-0.05, 0) is 19.8 Å². The van der Waals surface area contributed by atoms with Gasteiger partial charge in [-0.1, -0.05) is 0 Å². The van der Waals surface area contributed by atoms with Gasteiger partial charge in [0.05, 0.1) is 12.1 Å². The molecule has 6 heteroatoms. The molecule has 0 aliphatic carbocycles. The lowest BCUT2D eigenvalue weighted by Crippen LogP contribution is -2.49. The molecule has 2 atom stereocenters. The first-order valence-corrected chi connectivity index (χ1v) is 7.60. The highest BCUT2D eigenvalue weighted by molar-refractivity contribution is 4.90. The Kier molecular flexibility index (Phi) is 4.33. The molecule has 1 aromatic heterocycles. The predicted octanol–water partition coefficient (Wildman–Crippen LogP) is 1.24. The smallest absolute Gasteiger partial charge is 0.233 e. The fourth-order valence-corrected chi connectivity index (χ4v) is 3.05. The summed E-state index contributed by atoms with van der Waals surface area (Å²) >= 11 is 0.